The van der Waals surface area contributed by atoms with Gasteiger partial charge in [0.15, 0.2) is 0 Å². The summed E-state index contributed by atoms with van der Waals surface area (Å²) in [6.07, 6.45) is 3.68. The molecule has 1 rings (SSSR count). The number of esters is 1. The van der Waals surface area contributed by atoms with Gasteiger partial charge in [-0.3, -0.25) is 9.48 Å². The summed E-state index contributed by atoms with van der Waals surface area (Å²) in [6, 6.07) is 0. The summed E-state index contributed by atoms with van der Waals surface area (Å²) in [7, 11) is 2.76. The van der Waals surface area contributed by atoms with Gasteiger partial charge in [0.2, 0.25) is 0 Å². The number of methoxy groups -OCH3 is 1. The Balaban J connectivity index is 2.85. The fraction of sp³-hybridized carbons (Fsp3) is 0.222. The van der Waals surface area contributed by atoms with Crippen molar-refractivity contribution in [2.75, 3.05) is 7.11 Å². The zero-order valence-electron chi connectivity index (χ0n) is 8.30. The maximum Gasteiger partial charge on any atom is 0.378 e. The fourth-order valence-corrected chi connectivity index (χ4v) is 0.921. The molecule has 80 valence electrons. The van der Waals surface area contributed by atoms with Crippen LogP contribution in [0, 0.1) is 0 Å². The molecule has 0 aliphatic rings. The second-order valence-corrected chi connectivity index (χ2v) is 2.79. The molecule has 1 aromatic heterocycles. The van der Waals surface area contributed by atoms with Crippen molar-refractivity contribution in [3.05, 3.63) is 24.0 Å². The van der Waals surface area contributed by atoms with Gasteiger partial charge in [0.25, 0.3) is 5.78 Å². The summed E-state index contributed by atoms with van der Waals surface area (Å²) >= 11 is 0. The first-order valence-corrected chi connectivity index (χ1v) is 4.06. The number of carbonyl (C=O) groups excluding carboxylic acids is 2. The molecule has 0 unspecified atom stereocenters. The number of ketones is 1. The molecule has 0 amide bonds. The first-order chi connectivity index (χ1) is 7.04. The van der Waals surface area contributed by atoms with Crippen molar-refractivity contribution < 1.29 is 19.4 Å². The number of carbonyl (C=O) groups is 2. The Morgan fingerprint density at radius 1 is 1.60 bits per heavy atom. The van der Waals surface area contributed by atoms with Gasteiger partial charge in [-0.15, -0.1) is 0 Å². The van der Waals surface area contributed by atoms with Gasteiger partial charge in [0.05, 0.1) is 18.9 Å². The van der Waals surface area contributed by atoms with Crippen molar-refractivity contribution in [1.82, 2.24) is 9.78 Å². The molecule has 1 heterocycles. The zero-order valence-corrected chi connectivity index (χ0v) is 8.30. The molecular weight excluding hydrogens is 200 g/mol. The molecular formula is C9H10N2O4. The highest BCUT2D eigenvalue weighted by molar-refractivity contribution is 6.39. The van der Waals surface area contributed by atoms with Gasteiger partial charge < -0.3 is 9.84 Å². The Kier molecular flexibility index (Phi) is 3.22. The maximum atomic E-state index is 11.0. The van der Waals surface area contributed by atoms with Crippen LogP contribution in [0.2, 0.25) is 0 Å². The molecule has 15 heavy (non-hydrogen) atoms. The van der Waals surface area contributed by atoms with E-state index in [0.29, 0.717) is 5.56 Å². The second-order valence-electron chi connectivity index (χ2n) is 2.79. The molecule has 0 atom stereocenters. The summed E-state index contributed by atoms with van der Waals surface area (Å²) in [5.74, 6) is -2.26. The van der Waals surface area contributed by atoms with Crippen molar-refractivity contribution in [3.63, 3.8) is 0 Å². The number of ether oxygens (including phenoxy) is 1. The molecule has 1 N–H and O–H groups in total. The SMILES string of the molecule is COC(=O)C(=O)/C=C(\O)c1cnn(C)c1. The Hall–Kier alpha value is -2.11. The molecule has 6 nitrogen and oxygen atoms in total. The van der Waals surface area contributed by atoms with Crippen LogP contribution >= 0.6 is 0 Å². The third-order valence-corrected chi connectivity index (χ3v) is 1.66. The van der Waals surface area contributed by atoms with Crippen LogP contribution in [0.5, 0.6) is 0 Å². The van der Waals surface area contributed by atoms with Crippen molar-refractivity contribution in [2.45, 2.75) is 0 Å². The Morgan fingerprint density at radius 3 is 2.73 bits per heavy atom. The molecule has 1 aromatic rings. The van der Waals surface area contributed by atoms with Crippen LogP contribution in [-0.4, -0.2) is 33.7 Å². The van der Waals surface area contributed by atoms with Gasteiger partial charge >= 0.3 is 5.97 Å². The van der Waals surface area contributed by atoms with Crippen LogP contribution < -0.4 is 0 Å². The average molecular weight is 210 g/mol. The number of hydrogen-bond acceptors (Lipinski definition) is 5. The minimum Gasteiger partial charge on any atom is -0.507 e. The number of aliphatic hydroxyl groups excluding tert-OH is 1. The highest BCUT2D eigenvalue weighted by atomic mass is 16.5. The normalized spacial score (nSPS) is 11.2. The number of aryl methyl sites for hydroxylation is 1. The van der Waals surface area contributed by atoms with E-state index in [1.54, 1.807) is 7.05 Å². The third-order valence-electron chi connectivity index (χ3n) is 1.66. The lowest BCUT2D eigenvalue weighted by Crippen LogP contribution is -2.12. The van der Waals surface area contributed by atoms with Crippen LogP contribution in [0.3, 0.4) is 0 Å². The zero-order chi connectivity index (χ0) is 11.4. The molecule has 0 saturated carbocycles. The van der Waals surface area contributed by atoms with Crippen LogP contribution in [0.15, 0.2) is 18.5 Å². The van der Waals surface area contributed by atoms with Gasteiger partial charge in [0, 0.05) is 19.3 Å². The monoisotopic (exact) mass is 210 g/mol. The first kappa shape index (κ1) is 11.0. The molecule has 0 fully saturated rings. The molecule has 6 heteroatoms. The quantitative estimate of drug-likeness (QED) is 0.330. The lowest BCUT2D eigenvalue weighted by atomic mass is 10.2. The first-order valence-electron chi connectivity index (χ1n) is 4.06. The van der Waals surface area contributed by atoms with Crippen LogP contribution in [0.4, 0.5) is 0 Å². The highest BCUT2D eigenvalue weighted by Crippen LogP contribution is 2.09. The summed E-state index contributed by atoms with van der Waals surface area (Å²) < 4.78 is 5.65. The van der Waals surface area contributed by atoms with E-state index in [9.17, 15) is 14.7 Å². The van der Waals surface area contributed by atoms with Gasteiger partial charge in [-0.2, -0.15) is 5.10 Å². The van der Waals surface area contributed by atoms with Gasteiger partial charge in [-0.25, -0.2) is 4.79 Å². The van der Waals surface area contributed by atoms with Crippen LogP contribution in [0.25, 0.3) is 5.76 Å². The second kappa shape index (κ2) is 4.41. The van der Waals surface area contributed by atoms with E-state index in [0.717, 1.165) is 13.2 Å². The Bertz CT molecular complexity index is 420. The third kappa shape index (κ3) is 2.67. The van der Waals surface area contributed by atoms with Crippen LogP contribution in [-0.2, 0) is 21.4 Å². The molecule has 0 saturated heterocycles. The number of hydrogen-bond donors (Lipinski definition) is 1. The largest absolute Gasteiger partial charge is 0.507 e. The predicted octanol–water partition coefficient (Wildman–Crippen LogP) is 0.0611. The van der Waals surface area contributed by atoms with Crippen molar-refractivity contribution in [2.24, 2.45) is 7.05 Å². The van der Waals surface area contributed by atoms with E-state index in [-0.39, 0.29) is 5.76 Å². The highest BCUT2D eigenvalue weighted by Gasteiger charge is 2.13. The summed E-state index contributed by atoms with van der Waals surface area (Å²) in [5.41, 5.74) is 0.356. The smallest absolute Gasteiger partial charge is 0.378 e. The standard InChI is InChI=1S/C9H10N2O4/c1-11-5-6(4-10-11)7(12)3-8(13)9(14)15-2/h3-5,12H,1-2H3/b7-3-. The van der Waals surface area contributed by atoms with E-state index in [4.69, 9.17) is 0 Å². The van der Waals surface area contributed by atoms with E-state index < -0.39 is 11.8 Å². The fourth-order valence-electron chi connectivity index (χ4n) is 0.921. The minimum atomic E-state index is -1.02. The number of aliphatic hydroxyl groups is 1. The van der Waals surface area contributed by atoms with Gasteiger partial charge in [0.1, 0.15) is 5.76 Å². The molecule has 0 aliphatic carbocycles. The van der Waals surface area contributed by atoms with Gasteiger partial charge in [-0.1, -0.05) is 0 Å². The van der Waals surface area contributed by atoms with E-state index >= 15 is 0 Å². The van der Waals surface area contributed by atoms with Crippen LogP contribution in [0.1, 0.15) is 5.56 Å². The Morgan fingerprint density at radius 2 is 2.27 bits per heavy atom. The summed E-state index contributed by atoms with van der Waals surface area (Å²) in [6.45, 7) is 0. The van der Waals surface area contributed by atoms with Crippen molar-refractivity contribution in [1.29, 1.82) is 0 Å². The average Bonchev–Trinajstić information content (AvgIpc) is 2.63. The topological polar surface area (TPSA) is 81.4 Å². The molecule has 0 aromatic carbocycles. The molecule has 0 spiro atoms. The van der Waals surface area contributed by atoms with E-state index in [1.807, 2.05) is 0 Å². The Labute approximate surface area is 85.8 Å². The molecule has 0 bridgehead atoms. The lowest BCUT2D eigenvalue weighted by molar-refractivity contribution is -0.149. The summed E-state index contributed by atoms with van der Waals surface area (Å²) in [5, 5.41) is 13.2. The van der Waals surface area contributed by atoms with Crippen molar-refractivity contribution in [3.8, 4) is 0 Å². The summed E-state index contributed by atoms with van der Waals surface area (Å²) in [4.78, 5) is 21.8. The number of aromatic nitrogens is 2. The molecule has 0 aliphatic heterocycles. The van der Waals surface area contributed by atoms with E-state index in [2.05, 4.69) is 9.84 Å². The minimum absolute atomic E-state index is 0.321. The van der Waals surface area contributed by atoms with Gasteiger partial charge in [-0.05, 0) is 0 Å². The molecule has 0 radical (unpaired) electrons. The number of nitrogens with zero attached hydrogens (tertiary/aromatic N) is 2. The van der Waals surface area contributed by atoms with E-state index in [1.165, 1.54) is 17.1 Å². The predicted molar refractivity (Wildman–Crippen MR) is 50.8 cm³/mol. The maximum absolute atomic E-state index is 11.0. The lowest BCUT2D eigenvalue weighted by Gasteiger charge is -1.95. The van der Waals surface area contributed by atoms with Crippen molar-refractivity contribution >= 4 is 17.5 Å². The number of rotatable bonds is 3.